The maximum absolute atomic E-state index is 13.3. The van der Waals surface area contributed by atoms with Crippen LogP contribution in [0.4, 0.5) is 32.0 Å². The fourth-order valence-electron chi connectivity index (χ4n) is 2.19. The summed E-state index contributed by atoms with van der Waals surface area (Å²) < 4.78 is 102. The van der Waals surface area contributed by atoms with Crippen LogP contribution in [0.1, 0.15) is 12.0 Å². The summed E-state index contributed by atoms with van der Waals surface area (Å²) in [5, 5.41) is 0. The molecule has 0 bridgehead atoms. The Morgan fingerprint density at radius 2 is 1.50 bits per heavy atom. The average molecular weight is 397 g/mol. The summed E-state index contributed by atoms with van der Waals surface area (Å²) in [4.78, 5) is 0. The van der Waals surface area contributed by atoms with Gasteiger partial charge < -0.3 is 0 Å². The molecule has 0 atom stereocenters. The van der Waals surface area contributed by atoms with Crippen molar-refractivity contribution in [1.29, 1.82) is 0 Å². The SMILES string of the molecule is O=S(=O)(CCC(F)(F)F)Nc1ccc(-c2ccccc2)c(C(F)(F)F)c1. The minimum absolute atomic E-state index is 0.170. The fraction of sp³-hybridized carbons (Fsp3) is 0.250. The summed E-state index contributed by atoms with van der Waals surface area (Å²) >= 11 is 0. The molecule has 2 rings (SSSR count). The van der Waals surface area contributed by atoms with Gasteiger partial charge in [0.25, 0.3) is 0 Å². The molecule has 0 aliphatic heterocycles. The molecule has 10 heteroatoms. The zero-order chi connectivity index (χ0) is 19.6. The fourth-order valence-corrected chi connectivity index (χ4v) is 3.28. The zero-order valence-electron chi connectivity index (χ0n) is 13.0. The highest BCUT2D eigenvalue weighted by atomic mass is 32.2. The molecule has 0 saturated carbocycles. The molecule has 26 heavy (non-hydrogen) atoms. The summed E-state index contributed by atoms with van der Waals surface area (Å²) in [7, 11) is -4.44. The Balaban J connectivity index is 2.35. The van der Waals surface area contributed by atoms with Gasteiger partial charge in [0.1, 0.15) is 0 Å². The molecule has 1 N–H and O–H groups in total. The van der Waals surface area contributed by atoms with Crippen LogP contribution in [0.15, 0.2) is 48.5 Å². The second-order valence-electron chi connectivity index (χ2n) is 5.41. The van der Waals surface area contributed by atoms with E-state index in [-0.39, 0.29) is 11.1 Å². The molecule has 0 spiro atoms. The maximum Gasteiger partial charge on any atom is 0.417 e. The molecule has 0 radical (unpaired) electrons. The van der Waals surface area contributed by atoms with Crippen LogP contribution >= 0.6 is 0 Å². The van der Waals surface area contributed by atoms with E-state index in [0.717, 1.165) is 12.1 Å². The molecule has 0 aliphatic carbocycles. The van der Waals surface area contributed by atoms with Gasteiger partial charge in [0.2, 0.25) is 10.0 Å². The van der Waals surface area contributed by atoms with Gasteiger partial charge in [-0.3, -0.25) is 4.72 Å². The van der Waals surface area contributed by atoms with Gasteiger partial charge in [-0.1, -0.05) is 36.4 Å². The number of rotatable bonds is 5. The van der Waals surface area contributed by atoms with Gasteiger partial charge in [-0.05, 0) is 23.3 Å². The summed E-state index contributed by atoms with van der Waals surface area (Å²) in [6, 6.07) is 10.3. The van der Waals surface area contributed by atoms with Crippen LogP contribution in [0, 0.1) is 0 Å². The van der Waals surface area contributed by atoms with Gasteiger partial charge in [0, 0.05) is 5.69 Å². The number of halogens is 6. The van der Waals surface area contributed by atoms with E-state index < -0.39 is 45.8 Å². The Bertz CT molecular complexity index is 861. The van der Waals surface area contributed by atoms with Crippen molar-refractivity contribution in [2.75, 3.05) is 10.5 Å². The first kappa shape index (κ1) is 20.1. The molecule has 2 aromatic carbocycles. The Morgan fingerprint density at radius 3 is 2.04 bits per heavy atom. The highest BCUT2D eigenvalue weighted by Crippen LogP contribution is 2.38. The molecule has 0 unspecified atom stereocenters. The van der Waals surface area contributed by atoms with Gasteiger partial charge in [-0.2, -0.15) is 26.3 Å². The monoisotopic (exact) mass is 397 g/mol. The number of alkyl halides is 6. The van der Waals surface area contributed by atoms with Crippen LogP contribution in [0.25, 0.3) is 11.1 Å². The van der Waals surface area contributed by atoms with Gasteiger partial charge in [-0.25, -0.2) is 8.42 Å². The van der Waals surface area contributed by atoms with Crippen molar-refractivity contribution < 1.29 is 34.8 Å². The Kier molecular flexibility index (Phi) is 5.55. The largest absolute Gasteiger partial charge is 0.417 e. The van der Waals surface area contributed by atoms with Crippen LogP contribution in [0.5, 0.6) is 0 Å². The number of hydrogen-bond donors (Lipinski definition) is 1. The van der Waals surface area contributed by atoms with E-state index in [4.69, 9.17) is 0 Å². The van der Waals surface area contributed by atoms with Crippen molar-refractivity contribution in [3.8, 4) is 11.1 Å². The first-order chi connectivity index (χ1) is 11.9. The summed E-state index contributed by atoms with van der Waals surface area (Å²) in [6.07, 6.45) is -11.1. The minimum Gasteiger partial charge on any atom is -0.284 e. The molecule has 2 aromatic rings. The van der Waals surface area contributed by atoms with Gasteiger partial charge in [0.05, 0.1) is 17.7 Å². The van der Waals surface area contributed by atoms with Crippen molar-refractivity contribution in [3.05, 3.63) is 54.1 Å². The standard InChI is InChI=1S/C16H13F6NO2S/c17-15(18,19)8-9-26(24,25)23-12-6-7-13(11-4-2-1-3-5-11)14(10-12)16(20,21)22/h1-7,10,23H,8-9H2. The molecule has 3 nitrogen and oxygen atoms in total. The van der Waals surface area contributed by atoms with E-state index in [0.29, 0.717) is 6.07 Å². The van der Waals surface area contributed by atoms with Crippen molar-refractivity contribution in [2.45, 2.75) is 18.8 Å². The van der Waals surface area contributed by atoms with E-state index in [2.05, 4.69) is 0 Å². The number of nitrogens with one attached hydrogen (secondary N) is 1. The van der Waals surface area contributed by atoms with Crippen LogP contribution in [-0.4, -0.2) is 20.3 Å². The third kappa shape index (κ3) is 5.65. The lowest BCUT2D eigenvalue weighted by molar-refractivity contribution is -0.137. The lowest BCUT2D eigenvalue weighted by atomic mass is 9.99. The predicted molar refractivity (Wildman–Crippen MR) is 85.0 cm³/mol. The molecular formula is C16H13F6NO2S. The van der Waals surface area contributed by atoms with Gasteiger partial charge >= 0.3 is 12.4 Å². The van der Waals surface area contributed by atoms with Crippen LogP contribution in [0.3, 0.4) is 0 Å². The first-order valence-corrected chi connectivity index (χ1v) is 8.86. The predicted octanol–water partition coefficient (Wildman–Crippen LogP) is 5.07. The van der Waals surface area contributed by atoms with Gasteiger partial charge in [0.15, 0.2) is 0 Å². The lowest BCUT2D eigenvalue weighted by Crippen LogP contribution is -2.22. The van der Waals surface area contributed by atoms with E-state index in [1.54, 1.807) is 22.9 Å². The van der Waals surface area contributed by atoms with Crippen LogP contribution in [0.2, 0.25) is 0 Å². The number of anilines is 1. The van der Waals surface area contributed by atoms with Crippen molar-refractivity contribution in [2.24, 2.45) is 0 Å². The highest BCUT2D eigenvalue weighted by molar-refractivity contribution is 7.92. The molecule has 0 heterocycles. The Morgan fingerprint density at radius 1 is 0.885 bits per heavy atom. The number of benzene rings is 2. The van der Waals surface area contributed by atoms with Crippen molar-refractivity contribution in [3.63, 3.8) is 0 Å². The molecule has 0 fully saturated rings. The maximum atomic E-state index is 13.3. The topological polar surface area (TPSA) is 46.2 Å². The smallest absolute Gasteiger partial charge is 0.284 e. The zero-order valence-corrected chi connectivity index (χ0v) is 13.8. The second-order valence-corrected chi connectivity index (χ2v) is 7.25. The summed E-state index contributed by atoms with van der Waals surface area (Å²) in [6.45, 7) is 0. The Labute approximate surface area is 145 Å². The molecule has 0 aromatic heterocycles. The average Bonchev–Trinajstić information content (AvgIpc) is 2.52. The molecule has 0 amide bonds. The van der Waals surface area contributed by atoms with Crippen LogP contribution < -0.4 is 4.72 Å². The van der Waals surface area contributed by atoms with Crippen molar-refractivity contribution in [1.82, 2.24) is 0 Å². The first-order valence-electron chi connectivity index (χ1n) is 7.21. The summed E-state index contributed by atoms with van der Waals surface area (Å²) in [5.74, 6) is -1.28. The number of hydrogen-bond acceptors (Lipinski definition) is 2. The number of sulfonamides is 1. The normalized spacial score (nSPS) is 12.8. The van der Waals surface area contributed by atoms with E-state index >= 15 is 0 Å². The van der Waals surface area contributed by atoms with E-state index in [9.17, 15) is 34.8 Å². The van der Waals surface area contributed by atoms with Gasteiger partial charge in [-0.15, -0.1) is 0 Å². The third-order valence-corrected chi connectivity index (χ3v) is 4.63. The molecule has 142 valence electrons. The van der Waals surface area contributed by atoms with E-state index in [1.165, 1.54) is 12.1 Å². The quantitative estimate of drug-likeness (QED) is 0.717. The third-order valence-electron chi connectivity index (χ3n) is 3.34. The summed E-state index contributed by atoms with van der Waals surface area (Å²) in [5.41, 5.74) is -1.46. The van der Waals surface area contributed by atoms with Crippen LogP contribution in [-0.2, 0) is 16.2 Å². The molecular weight excluding hydrogens is 384 g/mol. The van der Waals surface area contributed by atoms with E-state index in [1.807, 2.05) is 0 Å². The highest BCUT2D eigenvalue weighted by Gasteiger charge is 2.34. The van der Waals surface area contributed by atoms with Crippen molar-refractivity contribution >= 4 is 15.7 Å². The molecule has 0 saturated heterocycles. The lowest BCUT2D eigenvalue weighted by Gasteiger charge is -2.16. The minimum atomic E-state index is -4.78. The molecule has 0 aliphatic rings. The second kappa shape index (κ2) is 7.18. The Hall–Kier alpha value is -2.23.